The number of aliphatic imine (C=N–C) groups is 1. The van der Waals surface area contributed by atoms with Gasteiger partial charge in [0.15, 0.2) is 41.8 Å². The second-order valence-corrected chi connectivity index (χ2v) is 12.4. The highest BCUT2D eigenvalue weighted by atomic mass is 32.7. The van der Waals surface area contributed by atoms with Crippen molar-refractivity contribution in [2.24, 2.45) is 10.7 Å². The number of aromatic amines is 1. The number of aromatic nitrogens is 6. The highest BCUT2D eigenvalue weighted by molar-refractivity contribution is 8.44. The number of fused-ring (bicyclic) bond motifs is 2. The monoisotopic (exact) mass is 634 g/mol. The zero-order chi connectivity index (χ0) is 29.9. The van der Waals surface area contributed by atoms with E-state index >= 15 is 8.78 Å². The summed E-state index contributed by atoms with van der Waals surface area (Å²) >= 11 is 3.91. The quantitative estimate of drug-likeness (QED) is 0.117. The van der Waals surface area contributed by atoms with Crippen LogP contribution in [0.25, 0.3) is 11.2 Å². The largest absolute Gasteiger partial charge is 0.394 e. The first-order valence-electron chi connectivity index (χ1n) is 12.4. The number of nitrogen functional groups attached to an aromatic ring is 1. The topological polar surface area (TPSA) is 252 Å². The lowest BCUT2D eigenvalue weighted by Gasteiger charge is -2.25. The molecule has 6 rings (SSSR count). The molecule has 18 nitrogen and oxygen atoms in total. The van der Waals surface area contributed by atoms with E-state index in [0.717, 1.165) is 10.9 Å². The standard InChI is InChI=1S/C20H25F2N10O8PS/c21-8-6(1-33)38-19(32-5-28-11-16(32)29-20(24)30-17(11)35)13(8)40-41(36,42)37-2-7-12(34)9(22)18(39-7)31-4-27-10-14(23)25-3-26-15(10)31/h3-9,12-14,18-19,33-34H,1-2,23H2,(H,25,26)(H,36,42)(H3,24,29,30,35)/t6-,7-,8+,9+,12-,13-,14?,18-,19-,41-/m1/s1. The highest BCUT2D eigenvalue weighted by Gasteiger charge is 2.51. The lowest BCUT2D eigenvalue weighted by Crippen LogP contribution is -2.33. The van der Waals surface area contributed by atoms with Crippen molar-refractivity contribution in [2.75, 3.05) is 18.9 Å². The Labute approximate surface area is 238 Å². The zero-order valence-electron chi connectivity index (χ0n) is 21.2. The second kappa shape index (κ2) is 10.9. The molecule has 3 aliphatic rings. The van der Waals surface area contributed by atoms with E-state index in [1.807, 2.05) is 0 Å². The van der Waals surface area contributed by atoms with Gasteiger partial charge in [0.1, 0.15) is 36.3 Å². The van der Waals surface area contributed by atoms with Crippen LogP contribution in [0.15, 0.2) is 22.4 Å². The molecule has 6 heterocycles. The molecular weight excluding hydrogens is 609 g/mol. The minimum Gasteiger partial charge on any atom is -0.394 e. The first kappa shape index (κ1) is 29.1. The Morgan fingerprint density at radius 3 is 2.67 bits per heavy atom. The molecule has 1 unspecified atom stereocenters. The number of alkyl halides is 2. The molecule has 3 aromatic heterocycles. The van der Waals surface area contributed by atoms with Gasteiger partial charge in [-0.25, -0.2) is 28.3 Å². The molecule has 3 aliphatic heterocycles. The minimum atomic E-state index is -4.48. The Morgan fingerprint density at radius 1 is 1.17 bits per heavy atom. The number of imidazole rings is 2. The summed E-state index contributed by atoms with van der Waals surface area (Å²) in [5.74, 6) is -0.0404. The Kier molecular flexibility index (Phi) is 7.56. The van der Waals surface area contributed by atoms with Crippen LogP contribution in [0.1, 0.15) is 24.3 Å². The molecule has 2 saturated heterocycles. The van der Waals surface area contributed by atoms with Crippen molar-refractivity contribution in [1.29, 1.82) is 0 Å². The number of ether oxygens (including phenoxy) is 2. The lowest BCUT2D eigenvalue weighted by atomic mass is 10.1. The summed E-state index contributed by atoms with van der Waals surface area (Å²) in [5, 5.41) is 22.8. The number of nitrogens with two attached hydrogens (primary N) is 2. The van der Waals surface area contributed by atoms with E-state index in [0.29, 0.717) is 5.69 Å². The van der Waals surface area contributed by atoms with Gasteiger partial charge in [-0.3, -0.25) is 28.0 Å². The van der Waals surface area contributed by atoms with Crippen molar-refractivity contribution in [1.82, 2.24) is 34.4 Å². The summed E-state index contributed by atoms with van der Waals surface area (Å²) in [7, 11) is 0. The molecule has 0 spiro atoms. The number of aliphatic hydroxyl groups excluding tert-OH is 2. The molecule has 0 saturated carbocycles. The van der Waals surface area contributed by atoms with Crippen molar-refractivity contribution >= 4 is 48.3 Å². The fourth-order valence-electron chi connectivity index (χ4n) is 4.89. The van der Waals surface area contributed by atoms with Crippen molar-refractivity contribution in [3.8, 4) is 0 Å². The molecule has 0 bridgehead atoms. The summed E-state index contributed by atoms with van der Waals surface area (Å²) in [5.41, 5.74) is 10.9. The Hall–Kier alpha value is -3.01. The van der Waals surface area contributed by atoms with Crippen LogP contribution in [0.4, 0.5) is 20.5 Å². The van der Waals surface area contributed by atoms with E-state index in [2.05, 4.69) is 42.5 Å². The van der Waals surface area contributed by atoms with Crippen LogP contribution in [0.5, 0.6) is 0 Å². The molecule has 228 valence electrons. The molecule has 0 amide bonds. The average molecular weight is 635 g/mol. The van der Waals surface area contributed by atoms with Gasteiger partial charge in [-0.1, -0.05) is 12.2 Å². The van der Waals surface area contributed by atoms with Crippen molar-refractivity contribution in [3.05, 3.63) is 28.7 Å². The van der Waals surface area contributed by atoms with E-state index in [1.165, 1.54) is 17.2 Å². The number of anilines is 1. The maximum absolute atomic E-state index is 15.3. The molecule has 3 aromatic rings. The molecular formula is C20H25F2N10O8PS. The molecule has 0 aliphatic carbocycles. The number of aliphatic hydroxyl groups is 2. The number of hydrogen-bond donors (Lipinski definition) is 7. The molecule has 22 heteroatoms. The van der Waals surface area contributed by atoms with Gasteiger partial charge in [0.25, 0.3) is 5.56 Å². The third kappa shape index (κ3) is 4.99. The fourth-order valence-corrected chi connectivity index (χ4v) is 6.34. The minimum absolute atomic E-state index is 0.0965. The van der Waals surface area contributed by atoms with Crippen LogP contribution in [0.2, 0.25) is 0 Å². The SMILES string of the molecule is Nc1nc2c(ncn2[C@@H]2O[C@H](CO)[C@H](F)[C@H]2O[P@](=O)(S)OC[C@H]2O[C@@H](n3cnc4c3N=CNC4N)[C@@H](F)[C@@H]2O)c(=O)[nH]1. The van der Waals surface area contributed by atoms with E-state index in [-0.39, 0.29) is 22.9 Å². The van der Waals surface area contributed by atoms with Crippen LogP contribution in [-0.2, 0) is 23.1 Å². The normalized spacial score (nSPS) is 34.0. The van der Waals surface area contributed by atoms with Crippen molar-refractivity contribution in [2.45, 2.75) is 55.4 Å². The summed E-state index contributed by atoms with van der Waals surface area (Å²) in [6.07, 6.45) is -10.1. The second-order valence-electron chi connectivity index (χ2n) is 9.57. The molecule has 8 N–H and O–H groups in total. The van der Waals surface area contributed by atoms with Gasteiger partial charge in [0.2, 0.25) is 5.95 Å². The Balaban J connectivity index is 1.18. The highest BCUT2D eigenvalue weighted by Crippen LogP contribution is 2.57. The maximum Gasteiger partial charge on any atom is 0.386 e. The number of nitrogens with one attached hydrogen (secondary N) is 2. The van der Waals surface area contributed by atoms with E-state index in [4.69, 9.17) is 30.0 Å². The van der Waals surface area contributed by atoms with Crippen LogP contribution in [-0.4, -0.2) is 95.6 Å². The van der Waals surface area contributed by atoms with Gasteiger partial charge in [-0.05, 0) is 0 Å². The summed E-state index contributed by atoms with van der Waals surface area (Å²) in [6.45, 7) is -5.93. The van der Waals surface area contributed by atoms with Gasteiger partial charge in [0, 0.05) is 0 Å². The van der Waals surface area contributed by atoms with Crippen LogP contribution >= 0.6 is 19.0 Å². The number of H-pyrrole nitrogens is 1. The number of thiol groups is 1. The van der Waals surface area contributed by atoms with Crippen LogP contribution < -0.4 is 22.3 Å². The molecule has 0 radical (unpaired) electrons. The molecule has 2 fully saturated rings. The van der Waals surface area contributed by atoms with Crippen molar-refractivity contribution in [3.63, 3.8) is 0 Å². The third-order valence-corrected chi connectivity index (χ3v) is 8.54. The molecule has 10 atom stereocenters. The first-order valence-corrected chi connectivity index (χ1v) is 15.1. The summed E-state index contributed by atoms with van der Waals surface area (Å²) in [4.78, 5) is 30.6. The lowest BCUT2D eigenvalue weighted by molar-refractivity contribution is -0.0533. The Morgan fingerprint density at radius 2 is 1.90 bits per heavy atom. The van der Waals surface area contributed by atoms with Gasteiger partial charge < -0.3 is 36.5 Å². The predicted octanol–water partition coefficient (Wildman–Crippen LogP) is -0.917. The summed E-state index contributed by atoms with van der Waals surface area (Å²) in [6, 6.07) is 0. The van der Waals surface area contributed by atoms with Gasteiger partial charge in [-0.2, -0.15) is 4.98 Å². The predicted molar refractivity (Wildman–Crippen MR) is 141 cm³/mol. The summed E-state index contributed by atoms with van der Waals surface area (Å²) < 4.78 is 67.8. The maximum atomic E-state index is 15.3. The van der Waals surface area contributed by atoms with Gasteiger partial charge in [-0.15, -0.1) is 0 Å². The smallest absolute Gasteiger partial charge is 0.386 e. The third-order valence-electron chi connectivity index (χ3n) is 6.92. The zero-order valence-corrected chi connectivity index (χ0v) is 23.0. The first-order chi connectivity index (χ1) is 20.0. The number of hydrogen-bond acceptors (Lipinski definition) is 15. The fraction of sp³-hybridized carbons (Fsp3) is 0.550. The number of nitrogens with zero attached hydrogens (tertiary/aromatic N) is 6. The van der Waals surface area contributed by atoms with Gasteiger partial charge in [0.05, 0.1) is 32.2 Å². The van der Waals surface area contributed by atoms with Gasteiger partial charge >= 0.3 is 6.80 Å². The van der Waals surface area contributed by atoms with Crippen LogP contribution in [0, 0.1) is 0 Å². The van der Waals surface area contributed by atoms with E-state index in [9.17, 15) is 19.6 Å². The Bertz CT molecular complexity index is 1620. The van der Waals surface area contributed by atoms with E-state index in [1.54, 1.807) is 0 Å². The number of rotatable bonds is 8. The van der Waals surface area contributed by atoms with E-state index < -0.39 is 81.0 Å². The van der Waals surface area contributed by atoms with Crippen LogP contribution in [0.3, 0.4) is 0 Å². The molecule has 42 heavy (non-hydrogen) atoms. The molecule has 0 aromatic carbocycles. The number of halogens is 2. The average Bonchev–Trinajstić information content (AvgIpc) is 3.69. The van der Waals surface area contributed by atoms with Crippen molar-refractivity contribution < 1.29 is 42.1 Å².